The Hall–Kier alpha value is -1.72. The second kappa shape index (κ2) is 10.0. The Kier molecular flexibility index (Phi) is 7.00. The summed E-state index contributed by atoms with van der Waals surface area (Å²) in [6.07, 6.45) is 11.5. The minimum atomic E-state index is -0.430. The molecule has 0 bridgehead atoms. The van der Waals surface area contributed by atoms with Crippen LogP contribution in [0.4, 0.5) is 0 Å². The number of rotatable bonds is 6. The van der Waals surface area contributed by atoms with Crippen LogP contribution in [0.3, 0.4) is 0 Å². The molecule has 4 aliphatic carbocycles. The molecule has 5 fully saturated rings. The number of hydrogen-bond acceptors (Lipinski definition) is 5. The molecule has 5 nitrogen and oxygen atoms in total. The average molecular weight is 523 g/mol. The molecule has 0 radical (unpaired) electrons. The van der Waals surface area contributed by atoms with E-state index in [4.69, 9.17) is 14.2 Å². The highest BCUT2D eigenvalue weighted by Crippen LogP contribution is 2.69. The van der Waals surface area contributed by atoms with Crippen molar-refractivity contribution in [2.24, 2.45) is 46.3 Å². The molecule has 208 valence electrons. The Bertz CT molecular complexity index is 1020. The third-order valence-electron chi connectivity index (χ3n) is 12.2. The number of carbonyl (C=O) groups is 2. The highest BCUT2D eigenvalue weighted by molar-refractivity contribution is 5.89. The van der Waals surface area contributed by atoms with Crippen molar-refractivity contribution in [1.82, 2.24) is 0 Å². The van der Waals surface area contributed by atoms with Gasteiger partial charge in [-0.05, 0) is 97.5 Å². The monoisotopic (exact) mass is 522 g/mol. The van der Waals surface area contributed by atoms with Gasteiger partial charge in [0.15, 0.2) is 5.79 Å². The summed E-state index contributed by atoms with van der Waals surface area (Å²) in [5.41, 5.74) is 1.12. The molecule has 1 saturated heterocycles. The van der Waals surface area contributed by atoms with Gasteiger partial charge in [-0.1, -0.05) is 39.0 Å². The minimum absolute atomic E-state index is 0.0732. The van der Waals surface area contributed by atoms with Crippen molar-refractivity contribution in [3.05, 3.63) is 35.9 Å². The van der Waals surface area contributed by atoms with E-state index in [9.17, 15) is 9.59 Å². The fourth-order valence-corrected chi connectivity index (χ4v) is 10.3. The van der Waals surface area contributed by atoms with Gasteiger partial charge < -0.3 is 19.0 Å². The normalized spacial score (nSPS) is 42.1. The van der Waals surface area contributed by atoms with Crippen LogP contribution < -0.4 is 0 Å². The van der Waals surface area contributed by atoms with E-state index in [1.807, 2.05) is 30.3 Å². The lowest BCUT2D eigenvalue weighted by atomic mass is 9.43. The van der Waals surface area contributed by atoms with Crippen molar-refractivity contribution in [2.75, 3.05) is 13.2 Å². The van der Waals surface area contributed by atoms with Gasteiger partial charge >= 0.3 is 5.97 Å². The lowest BCUT2D eigenvalue weighted by molar-refractivity contribution is -0.242. The zero-order valence-electron chi connectivity index (χ0n) is 23.5. The molecule has 1 heterocycles. The van der Waals surface area contributed by atoms with Crippen LogP contribution in [-0.4, -0.2) is 37.4 Å². The fourth-order valence-electron chi connectivity index (χ4n) is 10.3. The van der Waals surface area contributed by atoms with Crippen LogP contribution in [-0.2, 0) is 19.0 Å². The molecule has 4 saturated carbocycles. The Labute approximate surface area is 228 Å². The molecule has 0 amide bonds. The molecule has 9 atom stereocenters. The number of esters is 1. The summed E-state index contributed by atoms with van der Waals surface area (Å²) in [6.45, 7) is 8.80. The van der Waals surface area contributed by atoms with Gasteiger partial charge in [0.25, 0.3) is 0 Å². The maximum absolute atomic E-state index is 13.4. The van der Waals surface area contributed by atoms with E-state index in [2.05, 4.69) is 20.8 Å². The Balaban J connectivity index is 1.32. The van der Waals surface area contributed by atoms with Gasteiger partial charge in [-0.2, -0.15) is 0 Å². The van der Waals surface area contributed by atoms with Gasteiger partial charge in [-0.25, -0.2) is 4.79 Å². The van der Waals surface area contributed by atoms with Crippen molar-refractivity contribution in [3.8, 4) is 0 Å². The van der Waals surface area contributed by atoms with E-state index in [1.54, 1.807) is 0 Å². The standard InChI is InChI=1S/C33H46O5/c1-22(8-7-17-34)25-11-12-26-29-27(13-14-32(25,26)3)31(2)15-16-33(36-18-19-37-33)21-24(31)20-28(29)38-30(35)23-9-5-4-6-10-23/h4-6,9-10,17,22,24-29H,7-8,11-16,18-21H2,1-3H3/t22-,24+,25-,26?,27?,28?,29?,31+,32-/m1/s1. The van der Waals surface area contributed by atoms with Gasteiger partial charge in [0.2, 0.25) is 0 Å². The van der Waals surface area contributed by atoms with Gasteiger partial charge in [-0.3, -0.25) is 0 Å². The highest BCUT2D eigenvalue weighted by Gasteiger charge is 2.65. The van der Waals surface area contributed by atoms with Crippen molar-refractivity contribution in [2.45, 2.75) is 96.9 Å². The highest BCUT2D eigenvalue weighted by atomic mass is 16.7. The largest absolute Gasteiger partial charge is 0.458 e. The molecular formula is C33H46O5. The summed E-state index contributed by atoms with van der Waals surface area (Å²) in [7, 11) is 0. The zero-order valence-corrected chi connectivity index (χ0v) is 23.5. The summed E-state index contributed by atoms with van der Waals surface area (Å²) >= 11 is 0. The second-order valence-electron chi connectivity index (χ2n) is 13.8. The molecule has 4 unspecified atom stereocenters. The van der Waals surface area contributed by atoms with E-state index >= 15 is 0 Å². The first kappa shape index (κ1) is 26.5. The summed E-state index contributed by atoms with van der Waals surface area (Å²) in [4.78, 5) is 24.6. The first-order chi connectivity index (χ1) is 18.3. The Morgan fingerprint density at radius 2 is 1.76 bits per heavy atom. The molecule has 38 heavy (non-hydrogen) atoms. The molecule has 0 N–H and O–H groups in total. The maximum Gasteiger partial charge on any atom is 0.338 e. The van der Waals surface area contributed by atoms with Gasteiger partial charge in [0.05, 0.1) is 18.8 Å². The van der Waals surface area contributed by atoms with Crippen LogP contribution in [0.1, 0.15) is 95.3 Å². The van der Waals surface area contributed by atoms with Crippen molar-refractivity contribution >= 4 is 12.3 Å². The molecule has 1 aliphatic heterocycles. The van der Waals surface area contributed by atoms with Crippen LogP contribution in [0.25, 0.3) is 0 Å². The maximum atomic E-state index is 13.4. The number of fused-ring (bicyclic) bond motifs is 5. The summed E-state index contributed by atoms with van der Waals surface area (Å²) < 4.78 is 18.9. The van der Waals surface area contributed by atoms with E-state index in [0.717, 1.165) is 38.4 Å². The summed E-state index contributed by atoms with van der Waals surface area (Å²) in [6, 6.07) is 9.51. The third kappa shape index (κ3) is 4.27. The fraction of sp³-hybridized carbons (Fsp3) is 0.758. The molecule has 5 heteroatoms. The van der Waals surface area contributed by atoms with Crippen molar-refractivity contribution in [1.29, 1.82) is 0 Å². The Morgan fingerprint density at radius 3 is 2.50 bits per heavy atom. The predicted octanol–water partition coefficient (Wildman–Crippen LogP) is 6.84. The van der Waals surface area contributed by atoms with E-state index < -0.39 is 5.79 Å². The van der Waals surface area contributed by atoms with Gasteiger partial charge in [0.1, 0.15) is 12.4 Å². The number of benzene rings is 1. The number of ether oxygens (including phenoxy) is 3. The third-order valence-corrected chi connectivity index (χ3v) is 12.2. The van der Waals surface area contributed by atoms with Gasteiger partial charge in [0, 0.05) is 25.2 Å². The van der Waals surface area contributed by atoms with Crippen LogP contribution in [0, 0.1) is 46.3 Å². The van der Waals surface area contributed by atoms with E-state index in [1.165, 1.54) is 25.7 Å². The van der Waals surface area contributed by atoms with E-state index in [0.29, 0.717) is 60.7 Å². The predicted molar refractivity (Wildman–Crippen MR) is 145 cm³/mol. The van der Waals surface area contributed by atoms with Crippen molar-refractivity contribution < 1.29 is 23.8 Å². The van der Waals surface area contributed by atoms with Crippen LogP contribution >= 0.6 is 0 Å². The first-order valence-corrected chi connectivity index (χ1v) is 15.3. The summed E-state index contributed by atoms with van der Waals surface area (Å²) in [5.74, 6) is 2.51. The van der Waals surface area contributed by atoms with Crippen LogP contribution in [0.15, 0.2) is 30.3 Å². The molecule has 5 aliphatic rings. The summed E-state index contributed by atoms with van der Waals surface area (Å²) in [5, 5.41) is 0. The Morgan fingerprint density at radius 1 is 1.03 bits per heavy atom. The number of carbonyl (C=O) groups excluding carboxylic acids is 2. The zero-order chi connectivity index (χ0) is 26.5. The lowest BCUT2D eigenvalue weighted by Crippen LogP contribution is -2.60. The van der Waals surface area contributed by atoms with Crippen LogP contribution in [0.5, 0.6) is 0 Å². The quantitative estimate of drug-likeness (QED) is 0.302. The number of hydrogen-bond donors (Lipinski definition) is 0. The molecule has 1 aromatic rings. The minimum Gasteiger partial charge on any atom is -0.458 e. The number of aldehydes is 1. The van der Waals surface area contributed by atoms with Crippen LogP contribution in [0.2, 0.25) is 0 Å². The SMILES string of the molecule is C[C@H](CCC=O)[C@H]1CCC2C3C(OC(=O)c4ccccc4)C[C@H]4CC5(CC[C@]4(C)C3CC[C@@]21C)OCCO5. The molecular weight excluding hydrogens is 476 g/mol. The first-order valence-electron chi connectivity index (χ1n) is 15.3. The smallest absolute Gasteiger partial charge is 0.338 e. The molecule has 0 aromatic heterocycles. The van der Waals surface area contributed by atoms with Crippen molar-refractivity contribution in [3.63, 3.8) is 0 Å². The second-order valence-corrected chi connectivity index (χ2v) is 13.8. The molecule has 1 spiro atoms. The lowest BCUT2D eigenvalue weighted by Gasteiger charge is -2.63. The molecule has 1 aromatic carbocycles. The topological polar surface area (TPSA) is 61.8 Å². The van der Waals surface area contributed by atoms with Gasteiger partial charge in [-0.15, -0.1) is 0 Å². The average Bonchev–Trinajstić information content (AvgIpc) is 3.52. The van der Waals surface area contributed by atoms with E-state index in [-0.39, 0.29) is 22.9 Å². The molecule has 6 rings (SSSR count).